The highest BCUT2D eigenvalue weighted by Gasteiger charge is 2.65. The van der Waals surface area contributed by atoms with Crippen LogP contribution >= 0.6 is 0 Å². The van der Waals surface area contributed by atoms with E-state index in [-0.39, 0.29) is 49.3 Å². The Morgan fingerprint density at radius 1 is 1.18 bits per heavy atom. The molecule has 4 amide bonds. The maximum Gasteiger partial charge on any atom is 0.408 e. The van der Waals surface area contributed by atoms with Crippen molar-refractivity contribution in [3.8, 4) is 11.8 Å². The average Bonchev–Trinajstić information content (AvgIpc) is 3.82. The van der Waals surface area contributed by atoms with Gasteiger partial charge in [-0.2, -0.15) is 5.26 Å². The molecule has 258 valence electrons. The number of alkyl halides is 1. The number of halogens is 2. The van der Waals surface area contributed by atoms with E-state index in [0.29, 0.717) is 18.6 Å². The van der Waals surface area contributed by atoms with Crippen molar-refractivity contribution in [3.05, 3.63) is 54.0 Å². The molecule has 3 aliphatic heterocycles. The van der Waals surface area contributed by atoms with Crippen LogP contribution in [0.15, 0.2) is 42.6 Å². The Balaban J connectivity index is 1.16. The molecule has 9 unspecified atom stereocenters. The Morgan fingerprint density at radius 2 is 1.96 bits per heavy atom. The minimum atomic E-state index is -1.56. The summed E-state index contributed by atoms with van der Waals surface area (Å²) in [5.41, 5.74) is -2.26. The number of benzene rings is 1. The number of anilines is 1. The predicted octanol–water partition coefficient (Wildman–Crippen LogP) is 3.58. The molecule has 9 atom stereocenters. The molecule has 12 nitrogen and oxygen atoms in total. The van der Waals surface area contributed by atoms with E-state index in [4.69, 9.17) is 9.47 Å². The molecular weight excluding hydrogens is 638 g/mol. The van der Waals surface area contributed by atoms with Gasteiger partial charge < -0.3 is 29.9 Å². The van der Waals surface area contributed by atoms with E-state index in [0.717, 1.165) is 0 Å². The molecule has 5 aliphatic rings. The van der Waals surface area contributed by atoms with Crippen molar-refractivity contribution in [1.82, 2.24) is 20.1 Å². The average molecular weight is 677 g/mol. The normalized spacial score (nSPS) is 31.8. The van der Waals surface area contributed by atoms with Gasteiger partial charge in [-0.15, -0.1) is 0 Å². The van der Waals surface area contributed by atoms with E-state index in [1.165, 1.54) is 34.2 Å². The van der Waals surface area contributed by atoms with Crippen LogP contribution in [0.3, 0.4) is 0 Å². The highest BCUT2D eigenvalue weighted by molar-refractivity contribution is 6.01. The van der Waals surface area contributed by atoms with Gasteiger partial charge in [-0.1, -0.05) is 39.0 Å². The molecule has 2 aromatic rings. The number of aromatic nitrogens is 1. The van der Waals surface area contributed by atoms with Gasteiger partial charge in [0.2, 0.25) is 17.4 Å². The Bertz CT molecular complexity index is 1750. The summed E-state index contributed by atoms with van der Waals surface area (Å²) >= 11 is 0. The molecule has 0 radical (unpaired) electrons. The molecule has 1 aromatic heterocycles. The molecule has 1 spiro atoms. The molecule has 4 heterocycles. The second-order valence-corrected chi connectivity index (χ2v) is 14.9. The molecule has 2 bridgehead atoms. The first-order valence-electron chi connectivity index (χ1n) is 16.6. The Kier molecular flexibility index (Phi) is 7.99. The summed E-state index contributed by atoms with van der Waals surface area (Å²) in [6, 6.07) is 7.92. The lowest BCUT2D eigenvalue weighted by atomic mass is 9.77. The van der Waals surface area contributed by atoms with Gasteiger partial charge in [0.25, 0.3) is 5.91 Å². The van der Waals surface area contributed by atoms with Crippen LogP contribution in [0.25, 0.3) is 0 Å². The Hall–Kier alpha value is -4.80. The van der Waals surface area contributed by atoms with E-state index in [9.17, 15) is 28.8 Å². The molecule has 2 aliphatic carbocycles. The summed E-state index contributed by atoms with van der Waals surface area (Å²) in [7, 11) is 0. The molecular formula is C35H38F2N6O6. The predicted molar refractivity (Wildman–Crippen MR) is 169 cm³/mol. The first-order valence-corrected chi connectivity index (χ1v) is 16.6. The maximum absolute atomic E-state index is 15.3. The summed E-state index contributed by atoms with van der Waals surface area (Å²) in [4.78, 5) is 62.5. The van der Waals surface area contributed by atoms with Crippen LogP contribution in [-0.2, 0) is 25.7 Å². The van der Waals surface area contributed by atoms with Crippen LogP contribution in [0.4, 0.5) is 19.4 Å². The van der Waals surface area contributed by atoms with Gasteiger partial charge in [0.1, 0.15) is 36.7 Å². The van der Waals surface area contributed by atoms with Gasteiger partial charge in [-0.05, 0) is 60.1 Å². The van der Waals surface area contributed by atoms with Gasteiger partial charge >= 0.3 is 6.09 Å². The van der Waals surface area contributed by atoms with Crippen LogP contribution in [0, 0.1) is 46.2 Å². The van der Waals surface area contributed by atoms with E-state index in [1.54, 1.807) is 39.0 Å². The molecule has 2 saturated carbocycles. The van der Waals surface area contributed by atoms with Gasteiger partial charge in [-0.3, -0.25) is 14.4 Å². The number of nitriles is 1. The molecule has 14 heteroatoms. The van der Waals surface area contributed by atoms with Crippen molar-refractivity contribution >= 4 is 29.6 Å². The number of alkyl carbamates (subject to hydrolysis) is 1. The molecule has 49 heavy (non-hydrogen) atoms. The van der Waals surface area contributed by atoms with Crippen molar-refractivity contribution in [1.29, 1.82) is 5.26 Å². The van der Waals surface area contributed by atoms with Crippen molar-refractivity contribution < 1.29 is 37.4 Å². The number of ether oxygens (including phenoxy) is 2. The van der Waals surface area contributed by atoms with E-state index in [2.05, 4.69) is 21.7 Å². The summed E-state index contributed by atoms with van der Waals surface area (Å²) < 4.78 is 40.9. The van der Waals surface area contributed by atoms with E-state index < -0.39 is 76.8 Å². The molecule has 7 rings (SSSR count). The van der Waals surface area contributed by atoms with Crippen LogP contribution in [0.2, 0.25) is 0 Å². The number of hydrogen-bond acceptors (Lipinski definition) is 8. The second-order valence-electron chi connectivity index (χ2n) is 14.9. The summed E-state index contributed by atoms with van der Waals surface area (Å²) in [6.07, 6.45) is 0.279. The standard InChI is InChI=1S/C35H38F2N6O6/c1-34(2,3)28(40-33(47)48-16-18-7-4-5-8-23(18)36)31(45)42-15-22-19-11-21(24(37)12-19)26(22)27(42)30(44)43-17-35(13-20(43)14-38)32(46)41-29-25(49-35)9-6-10-39-29/h4-10,19-22,24,26-28H,11-13,15-17H2,1-3H3,(H,40,47)(H,39,41,46). The number of likely N-dealkylation sites (tertiary alicyclic amines) is 2. The van der Waals surface area contributed by atoms with E-state index in [1.807, 2.05) is 0 Å². The number of carbonyl (C=O) groups is 4. The Labute approximate surface area is 282 Å². The minimum absolute atomic E-state index is 0.0157. The van der Waals surface area contributed by atoms with E-state index >= 15 is 4.39 Å². The fourth-order valence-electron chi connectivity index (χ4n) is 8.66. The first kappa shape index (κ1) is 32.7. The van der Waals surface area contributed by atoms with Crippen molar-refractivity contribution in [2.24, 2.45) is 29.1 Å². The lowest BCUT2D eigenvalue weighted by Crippen LogP contribution is -2.60. The summed E-state index contributed by atoms with van der Waals surface area (Å²) in [6.45, 7) is 4.83. The van der Waals surface area contributed by atoms with Crippen molar-refractivity contribution in [2.45, 2.75) is 76.5 Å². The van der Waals surface area contributed by atoms with Crippen molar-refractivity contribution in [3.63, 3.8) is 0 Å². The number of amides is 4. The highest BCUT2D eigenvalue weighted by atomic mass is 19.1. The molecule has 4 fully saturated rings. The van der Waals surface area contributed by atoms with Crippen LogP contribution in [0.1, 0.15) is 45.6 Å². The number of nitrogens with one attached hydrogen (secondary N) is 2. The van der Waals surface area contributed by atoms with Crippen LogP contribution < -0.4 is 15.4 Å². The van der Waals surface area contributed by atoms with Crippen molar-refractivity contribution in [2.75, 3.05) is 18.4 Å². The number of pyridine rings is 1. The number of rotatable bonds is 5. The van der Waals surface area contributed by atoms with Gasteiger partial charge in [0, 0.05) is 24.7 Å². The largest absolute Gasteiger partial charge is 0.472 e. The lowest BCUT2D eigenvalue weighted by Gasteiger charge is -2.38. The fraction of sp³-hybridized carbons (Fsp3) is 0.543. The van der Waals surface area contributed by atoms with Gasteiger partial charge in [0.05, 0.1) is 12.6 Å². The smallest absolute Gasteiger partial charge is 0.408 e. The number of fused-ring (bicyclic) bond motifs is 6. The summed E-state index contributed by atoms with van der Waals surface area (Å²) in [5.74, 6) is -2.76. The lowest BCUT2D eigenvalue weighted by molar-refractivity contribution is -0.149. The second kappa shape index (κ2) is 12.0. The molecule has 2 N–H and O–H groups in total. The monoisotopic (exact) mass is 676 g/mol. The zero-order chi connectivity index (χ0) is 34.8. The summed E-state index contributed by atoms with van der Waals surface area (Å²) in [5, 5.41) is 15.6. The zero-order valence-electron chi connectivity index (χ0n) is 27.4. The fourth-order valence-corrected chi connectivity index (χ4v) is 8.66. The third-order valence-corrected chi connectivity index (χ3v) is 11.0. The Morgan fingerprint density at radius 3 is 2.69 bits per heavy atom. The van der Waals surface area contributed by atoms with Crippen LogP contribution in [-0.4, -0.2) is 81.6 Å². The minimum Gasteiger partial charge on any atom is -0.472 e. The SMILES string of the molecule is CC(C)(C)C(NC(=O)OCc1ccccc1F)C(=O)N1CC2C3CC(F)C(C3)C2C1C(=O)N1CC2(CC1C#N)Oc1cccnc1NC2=O. The zero-order valence-corrected chi connectivity index (χ0v) is 27.4. The molecule has 1 aromatic carbocycles. The third kappa shape index (κ3) is 5.53. The number of carbonyl (C=O) groups excluding carboxylic acids is 4. The quantitative estimate of drug-likeness (QED) is 0.488. The first-order chi connectivity index (χ1) is 23.3. The number of nitrogens with zero attached hydrogens (tertiary/aromatic N) is 4. The topological polar surface area (TPSA) is 154 Å². The van der Waals surface area contributed by atoms with Gasteiger partial charge in [0.15, 0.2) is 11.6 Å². The third-order valence-electron chi connectivity index (χ3n) is 11.0. The highest BCUT2D eigenvalue weighted by Crippen LogP contribution is 2.59. The molecule has 2 saturated heterocycles. The van der Waals surface area contributed by atoms with Gasteiger partial charge in [-0.25, -0.2) is 18.6 Å². The maximum atomic E-state index is 15.3. The van der Waals surface area contributed by atoms with Crippen LogP contribution in [0.5, 0.6) is 5.75 Å². The number of hydrogen-bond donors (Lipinski definition) is 2.